The Hall–Kier alpha value is -2.18. The Kier molecular flexibility index (Phi) is 4.12. The Labute approximate surface area is 157 Å². The second-order valence-corrected chi connectivity index (χ2v) is 8.05. The zero-order valence-corrected chi connectivity index (χ0v) is 15.7. The van der Waals surface area contributed by atoms with E-state index in [1.807, 2.05) is 24.8 Å². The Morgan fingerprint density at radius 1 is 1.19 bits per heavy atom. The van der Waals surface area contributed by atoms with Crippen molar-refractivity contribution in [3.8, 4) is 11.3 Å². The quantitative estimate of drug-likeness (QED) is 0.697. The molecule has 0 spiro atoms. The average Bonchev–Trinajstić information content (AvgIpc) is 3.16. The fraction of sp³-hybridized carbons (Fsp3) is 0.421. The fourth-order valence-corrected chi connectivity index (χ4v) is 3.66. The molecule has 7 heteroatoms. The first-order valence-electron chi connectivity index (χ1n) is 8.77. The molecule has 1 fully saturated rings. The van der Waals surface area contributed by atoms with Gasteiger partial charge in [-0.15, -0.1) is 0 Å². The summed E-state index contributed by atoms with van der Waals surface area (Å²) in [7, 11) is 0. The fourth-order valence-electron chi connectivity index (χ4n) is 3.54. The molecule has 0 unspecified atom stereocenters. The summed E-state index contributed by atoms with van der Waals surface area (Å²) in [6, 6.07) is 3.89. The van der Waals surface area contributed by atoms with Crippen molar-refractivity contribution in [1.29, 1.82) is 0 Å². The van der Waals surface area contributed by atoms with Crippen molar-refractivity contribution >= 4 is 11.6 Å². The molecule has 3 aromatic heterocycles. The van der Waals surface area contributed by atoms with Gasteiger partial charge in [0.25, 0.3) is 0 Å². The van der Waals surface area contributed by atoms with Crippen LogP contribution in [0, 0.1) is 0 Å². The van der Waals surface area contributed by atoms with E-state index in [-0.39, 0.29) is 5.54 Å². The first kappa shape index (κ1) is 17.2. The van der Waals surface area contributed by atoms with Crippen LogP contribution in [-0.2, 0) is 12.1 Å². The van der Waals surface area contributed by atoms with Gasteiger partial charge in [-0.05, 0) is 44.7 Å². The molecule has 0 atom stereocenters. The minimum atomic E-state index is -0.805. The van der Waals surface area contributed by atoms with Gasteiger partial charge in [0, 0.05) is 24.2 Å². The van der Waals surface area contributed by atoms with Crippen molar-refractivity contribution in [2.24, 2.45) is 0 Å². The number of halogens is 1. The Morgan fingerprint density at radius 3 is 2.62 bits per heavy atom. The summed E-state index contributed by atoms with van der Waals surface area (Å²) in [5, 5.41) is 14.8. The standard InChI is InChI=1S/C19H22ClN5O/c1-18(2,26)12-25-10-14(8-23-25)16-11-24(13-22-16)19(6-3-7-19)15-4-5-17(20)21-9-15/h4-5,8-11,13,26H,3,6-7,12H2,1-2H3. The molecular weight excluding hydrogens is 350 g/mol. The number of hydrogen-bond donors (Lipinski definition) is 1. The summed E-state index contributed by atoms with van der Waals surface area (Å²) >= 11 is 5.94. The molecule has 3 aromatic rings. The number of nitrogens with zero attached hydrogens (tertiary/aromatic N) is 5. The summed E-state index contributed by atoms with van der Waals surface area (Å²) in [4.78, 5) is 8.84. The SMILES string of the molecule is CC(C)(O)Cn1cc(-c2cn(C3(c4ccc(Cl)nc4)CCC3)cn2)cn1. The van der Waals surface area contributed by atoms with E-state index in [0.717, 1.165) is 29.7 Å². The molecule has 1 saturated carbocycles. The molecule has 0 radical (unpaired) electrons. The van der Waals surface area contributed by atoms with Gasteiger partial charge in [0.15, 0.2) is 0 Å². The van der Waals surface area contributed by atoms with E-state index >= 15 is 0 Å². The molecule has 1 aliphatic rings. The third kappa shape index (κ3) is 3.15. The van der Waals surface area contributed by atoms with E-state index < -0.39 is 5.60 Å². The third-order valence-corrected chi connectivity index (χ3v) is 5.22. The number of hydrogen-bond acceptors (Lipinski definition) is 4. The van der Waals surface area contributed by atoms with Crippen molar-refractivity contribution in [3.05, 3.63) is 54.0 Å². The van der Waals surface area contributed by atoms with Crippen LogP contribution in [0.3, 0.4) is 0 Å². The van der Waals surface area contributed by atoms with E-state index in [4.69, 9.17) is 11.6 Å². The maximum Gasteiger partial charge on any atom is 0.129 e. The van der Waals surface area contributed by atoms with Gasteiger partial charge in [0.1, 0.15) is 5.15 Å². The van der Waals surface area contributed by atoms with E-state index in [0.29, 0.717) is 11.7 Å². The monoisotopic (exact) mass is 371 g/mol. The molecule has 3 heterocycles. The number of aromatic nitrogens is 5. The van der Waals surface area contributed by atoms with Gasteiger partial charge in [-0.25, -0.2) is 9.97 Å². The zero-order chi connectivity index (χ0) is 18.4. The van der Waals surface area contributed by atoms with Crippen LogP contribution in [0.4, 0.5) is 0 Å². The zero-order valence-electron chi connectivity index (χ0n) is 14.9. The highest BCUT2D eigenvalue weighted by Crippen LogP contribution is 2.45. The molecule has 26 heavy (non-hydrogen) atoms. The predicted molar refractivity (Wildman–Crippen MR) is 99.9 cm³/mol. The summed E-state index contributed by atoms with van der Waals surface area (Å²) in [6.45, 7) is 3.97. The molecule has 0 amide bonds. The summed E-state index contributed by atoms with van der Waals surface area (Å²) in [5.41, 5.74) is 2.08. The highest BCUT2D eigenvalue weighted by molar-refractivity contribution is 6.29. The van der Waals surface area contributed by atoms with Crippen LogP contribution in [0.15, 0.2) is 43.2 Å². The molecule has 4 rings (SSSR count). The first-order chi connectivity index (χ1) is 12.4. The molecular formula is C19H22ClN5O. The number of rotatable bonds is 5. The minimum absolute atomic E-state index is 0.0913. The van der Waals surface area contributed by atoms with Gasteiger partial charge in [-0.2, -0.15) is 5.10 Å². The van der Waals surface area contributed by atoms with E-state index in [2.05, 4.69) is 31.9 Å². The van der Waals surface area contributed by atoms with Crippen molar-refractivity contribution in [2.45, 2.75) is 50.8 Å². The van der Waals surface area contributed by atoms with Crippen LogP contribution in [0.25, 0.3) is 11.3 Å². The lowest BCUT2D eigenvalue weighted by Crippen LogP contribution is -2.41. The van der Waals surface area contributed by atoms with Crippen LogP contribution in [0.5, 0.6) is 0 Å². The molecule has 0 aliphatic heterocycles. The lowest BCUT2D eigenvalue weighted by molar-refractivity contribution is 0.0577. The van der Waals surface area contributed by atoms with Gasteiger partial charge in [0.05, 0.1) is 35.9 Å². The molecule has 136 valence electrons. The lowest BCUT2D eigenvalue weighted by atomic mass is 9.72. The van der Waals surface area contributed by atoms with E-state index in [1.165, 1.54) is 6.42 Å². The highest BCUT2D eigenvalue weighted by atomic mass is 35.5. The Balaban J connectivity index is 1.62. The van der Waals surface area contributed by atoms with Gasteiger partial charge in [0.2, 0.25) is 0 Å². The summed E-state index contributed by atoms with van der Waals surface area (Å²) in [6.07, 6.45) is 12.8. The molecule has 0 aromatic carbocycles. The molecule has 0 bridgehead atoms. The summed E-state index contributed by atoms with van der Waals surface area (Å²) < 4.78 is 3.93. The second-order valence-electron chi connectivity index (χ2n) is 7.66. The minimum Gasteiger partial charge on any atom is -0.389 e. The number of aliphatic hydroxyl groups is 1. The van der Waals surface area contributed by atoms with Crippen molar-refractivity contribution in [2.75, 3.05) is 0 Å². The number of imidazole rings is 1. The first-order valence-corrected chi connectivity index (χ1v) is 9.15. The molecule has 0 saturated heterocycles. The smallest absolute Gasteiger partial charge is 0.129 e. The lowest BCUT2D eigenvalue weighted by Gasteiger charge is -2.43. The Bertz CT molecular complexity index is 903. The summed E-state index contributed by atoms with van der Waals surface area (Å²) in [5.74, 6) is 0. The second kappa shape index (κ2) is 6.21. The Morgan fingerprint density at radius 2 is 2.00 bits per heavy atom. The highest BCUT2D eigenvalue weighted by Gasteiger charge is 2.40. The predicted octanol–water partition coefficient (Wildman–Crippen LogP) is 3.49. The molecule has 6 nitrogen and oxygen atoms in total. The van der Waals surface area contributed by atoms with Crippen molar-refractivity contribution in [1.82, 2.24) is 24.3 Å². The maximum atomic E-state index is 9.95. The average molecular weight is 372 g/mol. The van der Waals surface area contributed by atoms with Crippen LogP contribution in [0.2, 0.25) is 5.15 Å². The van der Waals surface area contributed by atoms with Crippen LogP contribution >= 0.6 is 11.6 Å². The van der Waals surface area contributed by atoms with Gasteiger partial charge in [-0.3, -0.25) is 4.68 Å². The van der Waals surface area contributed by atoms with E-state index in [9.17, 15) is 5.11 Å². The van der Waals surface area contributed by atoms with Crippen molar-refractivity contribution in [3.63, 3.8) is 0 Å². The van der Waals surface area contributed by atoms with Gasteiger partial charge < -0.3 is 9.67 Å². The van der Waals surface area contributed by atoms with Crippen LogP contribution in [-0.4, -0.2) is 35.0 Å². The largest absolute Gasteiger partial charge is 0.389 e. The van der Waals surface area contributed by atoms with Crippen LogP contribution in [0.1, 0.15) is 38.7 Å². The van der Waals surface area contributed by atoms with Gasteiger partial charge in [-0.1, -0.05) is 17.7 Å². The topological polar surface area (TPSA) is 68.8 Å². The third-order valence-electron chi connectivity index (χ3n) is 5.00. The number of pyridine rings is 1. The van der Waals surface area contributed by atoms with Gasteiger partial charge >= 0.3 is 0 Å². The molecule has 1 N–H and O–H groups in total. The van der Waals surface area contributed by atoms with Crippen molar-refractivity contribution < 1.29 is 5.11 Å². The van der Waals surface area contributed by atoms with E-state index in [1.54, 1.807) is 24.7 Å². The maximum absolute atomic E-state index is 9.95. The van der Waals surface area contributed by atoms with Crippen LogP contribution < -0.4 is 0 Å². The normalized spacial score (nSPS) is 16.5. The molecule has 1 aliphatic carbocycles.